The maximum Gasteiger partial charge on any atom is 0.248 e. The van der Waals surface area contributed by atoms with Crippen molar-refractivity contribution >= 4 is 58.9 Å². The number of hydrogen-bond acceptors (Lipinski definition) is 7. The molecule has 1 unspecified atom stereocenters. The van der Waals surface area contributed by atoms with Gasteiger partial charge in [-0.3, -0.25) is 4.79 Å². The number of aromatic nitrogens is 1. The topological polar surface area (TPSA) is 136 Å². The number of carbonyl (C=O) groups is 1. The van der Waals surface area contributed by atoms with E-state index in [1.165, 1.54) is 62.8 Å². The molecular formula is C38H49ClFN3O5S3. The maximum absolute atomic E-state index is 14.7. The third-order valence-electron chi connectivity index (χ3n) is 9.11. The van der Waals surface area contributed by atoms with Gasteiger partial charge in [-0.15, -0.1) is 11.3 Å². The van der Waals surface area contributed by atoms with Gasteiger partial charge in [-0.05, 0) is 59.5 Å². The molecule has 1 amide bonds. The molecule has 0 aliphatic rings. The van der Waals surface area contributed by atoms with Crippen LogP contribution >= 0.6 is 22.9 Å². The number of amides is 1. The second-order valence-electron chi connectivity index (χ2n) is 13.2. The Labute approximate surface area is 311 Å². The molecule has 4 aromatic rings. The lowest BCUT2D eigenvalue weighted by Gasteiger charge is -2.30. The number of primary sulfonamides is 1. The first kappa shape index (κ1) is 40.9. The minimum absolute atomic E-state index is 0.0594. The number of hydrogen-bond donors (Lipinski definition) is 2. The summed E-state index contributed by atoms with van der Waals surface area (Å²) in [7, 11) is -8.32. The van der Waals surface area contributed by atoms with Crippen molar-refractivity contribution in [3.63, 3.8) is 0 Å². The van der Waals surface area contributed by atoms with Crippen LogP contribution in [0.2, 0.25) is 5.02 Å². The third-order valence-corrected chi connectivity index (χ3v) is 13.8. The standard InChI is InChI=1S/C38H49ClFN3O5S3/c1-2-3-4-5-6-7-8-9-10-11-12-13-23-38(36(44)42-24-25-51(41,47)48,50(45,46)28-29-17-20-33(40)21-18-29)37-43-34-22-19-31(27-35(34)49-37)30-15-14-16-32(39)26-30/h14-22,26-27H,2-13,23-25,28H2,1H3,(H,42,44)(H2,41,47,48). The van der Waals surface area contributed by atoms with E-state index in [0.29, 0.717) is 33.6 Å². The first-order chi connectivity index (χ1) is 24.3. The highest BCUT2D eigenvalue weighted by atomic mass is 35.5. The van der Waals surface area contributed by atoms with Gasteiger partial charge in [0.2, 0.25) is 20.7 Å². The van der Waals surface area contributed by atoms with Gasteiger partial charge in [0, 0.05) is 11.6 Å². The van der Waals surface area contributed by atoms with Gasteiger partial charge in [0.05, 0.1) is 21.7 Å². The lowest BCUT2D eigenvalue weighted by molar-refractivity contribution is -0.124. The maximum atomic E-state index is 14.7. The number of thiazole rings is 1. The van der Waals surface area contributed by atoms with Crippen molar-refractivity contribution in [2.45, 2.75) is 101 Å². The van der Waals surface area contributed by atoms with Gasteiger partial charge >= 0.3 is 0 Å². The van der Waals surface area contributed by atoms with E-state index in [4.69, 9.17) is 21.7 Å². The normalized spacial score (nSPS) is 13.3. The number of benzene rings is 3. The van der Waals surface area contributed by atoms with Gasteiger partial charge in [0.1, 0.15) is 10.8 Å². The Morgan fingerprint density at radius 1 is 0.843 bits per heavy atom. The van der Waals surface area contributed by atoms with E-state index >= 15 is 0 Å². The fourth-order valence-electron chi connectivity index (χ4n) is 6.28. The van der Waals surface area contributed by atoms with Crippen LogP contribution in [0.3, 0.4) is 0 Å². The summed E-state index contributed by atoms with van der Waals surface area (Å²) in [6, 6.07) is 18.0. The van der Waals surface area contributed by atoms with Crippen LogP contribution in [0.15, 0.2) is 66.7 Å². The second-order valence-corrected chi connectivity index (χ2v) is 18.6. The number of nitrogens with zero attached hydrogens (tertiary/aromatic N) is 1. The minimum atomic E-state index is -4.38. The zero-order valence-electron chi connectivity index (χ0n) is 29.2. The first-order valence-electron chi connectivity index (χ1n) is 17.8. The Morgan fingerprint density at radius 2 is 1.45 bits per heavy atom. The predicted molar refractivity (Wildman–Crippen MR) is 207 cm³/mol. The molecular weight excluding hydrogens is 729 g/mol. The zero-order chi connectivity index (χ0) is 36.9. The van der Waals surface area contributed by atoms with E-state index in [2.05, 4.69) is 12.2 Å². The molecule has 8 nitrogen and oxygen atoms in total. The molecule has 3 aromatic carbocycles. The van der Waals surface area contributed by atoms with Crippen LogP contribution in [0, 0.1) is 5.82 Å². The number of halogens is 2. The summed E-state index contributed by atoms with van der Waals surface area (Å²) in [5, 5.41) is 8.45. The summed E-state index contributed by atoms with van der Waals surface area (Å²) in [4.78, 5) is 19.1. The third kappa shape index (κ3) is 11.8. The number of sulfone groups is 1. The quantitative estimate of drug-likeness (QED) is 0.0765. The zero-order valence-corrected chi connectivity index (χ0v) is 32.4. The minimum Gasteiger partial charge on any atom is -0.353 e. The first-order valence-corrected chi connectivity index (χ1v) is 22.3. The average molecular weight is 778 g/mol. The molecule has 0 saturated carbocycles. The fourth-order valence-corrected chi connectivity index (χ4v) is 10.5. The SMILES string of the molecule is CCCCCCCCCCCCCCC(C(=O)NCCS(N)(=O)=O)(c1nc2ccc(-c3cccc(Cl)c3)cc2s1)S(=O)(=O)Cc1ccc(F)cc1. The van der Waals surface area contributed by atoms with Crippen molar-refractivity contribution in [2.75, 3.05) is 12.3 Å². The van der Waals surface area contributed by atoms with Gasteiger partial charge in [0.15, 0.2) is 9.84 Å². The van der Waals surface area contributed by atoms with E-state index in [9.17, 15) is 26.0 Å². The molecule has 0 aliphatic heterocycles. The Balaban J connectivity index is 1.66. The average Bonchev–Trinajstić information content (AvgIpc) is 3.51. The fraction of sp³-hybridized carbons (Fsp3) is 0.474. The Bertz CT molecular complexity index is 1950. The summed E-state index contributed by atoms with van der Waals surface area (Å²) in [6.07, 6.45) is 12.8. The monoisotopic (exact) mass is 777 g/mol. The number of rotatable bonds is 22. The number of carbonyl (C=O) groups excluding carboxylic acids is 1. The van der Waals surface area contributed by atoms with Gasteiger partial charge in [-0.2, -0.15) is 0 Å². The van der Waals surface area contributed by atoms with E-state index < -0.39 is 47.8 Å². The van der Waals surface area contributed by atoms with Crippen LogP contribution in [0.1, 0.15) is 101 Å². The molecule has 3 N–H and O–H groups in total. The van der Waals surface area contributed by atoms with Crippen LogP contribution in [-0.4, -0.2) is 40.0 Å². The highest BCUT2D eigenvalue weighted by Crippen LogP contribution is 2.43. The highest BCUT2D eigenvalue weighted by Gasteiger charge is 2.53. The van der Waals surface area contributed by atoms with Crippen molar-refractivity contribution in [1.82, 2.24) is 10.3 Å². The van der Waals surface area contributed by atoms with Gasteiger partial charge in [0.25, 0.3) is 0 Å². The summed E-state index contributed by atoms with van der Waals surface area (Å²) >= 11 is 7.37. The molecule has 0 spiro atoms. The van der Waals surface area contributed by atoms with Crippen molar-refractivity contribution in [3.05, 3.63) is 88.1 Å². The largest absolute Gasteiger partial charge is 0.353 e. The molecule has 51 heavy (non-hydrogen) atoms. The van der Waals surface area contributed by atoms with Crippen LogP contribution in [-0.2, 0) is 35.2 Å². The van der Waals surface area contributed by atoms with Crippen LogP contribution in [0.5, 0.6) is 0 Å². The molecule has 0 bridgehead atoms. The van der Waals surface area contributed by atoms with Gasteiger partial charge < -0.3 is 5.32 Å². The smallest absolute Gasteiger partial charge is 0.248 e. The molecule has 1 aromatic heterocycles. The molecule has 278 valence electrons. The van der Waals surface area contributed by atoms with Crippen LogP contribution in [0.25, 0.3) is 21.3 Å². The van der Waals surface area contributed by atoms with E-state index in [1.54, 1.807) is 12.1 Å². The number of unbranched alkanes of at least 4 members (excludes halogenated alkanes) is 11. The summed E-state index contributed by atoms with van der Waals surface area (Å²) in [5.41, 5.74) is 2.55. The Morgan fingerprint density at radius 3 is 2.06 bits per heavy atom. The number of nitrogens with two attached hydrogens (primary N) is 1. The van der Waals surface area contributed by atoms with Gasteiger partial charge in [-0.1, -0.05) is 126 Å². The van der Waals surface area contributed by atoms with E-state index in [-0.39, 0.29) is 18.0 Å². The van der Waals surface area contributed by atoms with Crippen LogP contribution in [0.4, 0.5) is 4.39 Å². The van der Waals surface area contributed by atoms with Crippen molar-refractivity contribution in [2.24, 2.45) is 5.14 Å². The molecule has 4 rings (SSSR count). The summed E-state index contributed by atoms with van der Waals surface area (Å²) in [6.45, 7) is 1.84. The molecule has 1 atom stereocenters. The Hall–Kier alpha value is -2.90. The number of sulfonamides is 1. The summed E-state index contributed by atoms with van der Waals surface area (Å²) in [5.74, 6) is -2.47. The predicted octanol–water partition coefficient (Wildman–Crippen LogP) is 9.06. The van der Waals surface area contributed by atoms with Crippen LogP contribution < -0.4 is 10.5 Å². The second kappa shape index (κ2) is 19.3. The molecule has 0 fully saturated rings. The van der Waals surface area contributed by atoms with Crippen molar-refractivity contribution in [1.29, 1.82) is 0 Å². The number of fused-ring (bicyclic) bond motifs is 1. The van der Waals surface area contributed by atoms with E-state index in [1.807, 2.05) is 30.3 Å². The molecule has 0 aliphatic carbocycles. The number of nitrogens with one attached hydrogen (secondary N) is 1. The molecule has 1 heterocycles. The van der Waals surface area contributed by atoms with Crippen molar-refractivity contribution in [3.8, 4) is 11.1 Å². The Kier molecular flexibility index (Phi) is 15.4. The van der Waals surface area contributed by atoms with E-state index in [0.717, 1.165) is 48.1 Å². The summed E-state index contributed by atoms with van der Waals surface area (Å²) < 4.78 is 65.2. The van der Waals surface area contributed by atoms with Crippen molar-refractivity contribution < 1.29 is 26.0 Å². The molecule has 0 saturated heterocycles. The highest BCUT2D eigenvalue weighted by molar-refractivity contribution is 7.92. The molecule has 0 radical (unpaired) electrons. The van der Waals surface area contributed by atoms with Gasteiger partial charge in [-0.25, -0.2) is 31.3 Å². The molecule has 13 heteroatoms. The lowest BCUT2D eigenvalue weighted by Crippen LogP contribution is -2.51. The lowest BCUT2D eigenvalue weighted by atomic mass is 9.98.